The predicted molar refractivity (Wildman–Crippen MR) is 86.5 cm³/mol. The maximum atomic E-state index is 12.9. The second-order valence-electron chi connectivity index (χ2n) is 5.96. The van der Waals surface area contributed by atoms with Crippen molar-refractivity contribution in [2.24, 2.45) is 0 Å². The summed E-state index contributed by atoms with van der Waals surface area (Å²) in [6.45, 7) is 0.128. The first-order valence-electron chi connectivity index (χ1n) is 7.94. The minimum atomic E-state index is -0.835. The quantitative estimate of drug-likeness (QED) is 0.911. The maximum Gasteiger partial charge on any atom is 0.227 e. The number of halogens is 1. The first kappa shape index (κ1) is 15.7. The van der Waals surface area contributed by atoms with E-state index >= 15 is 0 Å². The molecule has 1 aliphatic carbocycles. The SMILES string of the molecule is O=C(NC[C@H](O)c1ccc(F)cc1)[C@H]1CCCc2ccccc21. The van der Waals surface area contributed by atoms with Crippen LogP contribution in [0.5, 0.6) is 0 Å². The van der Waals surface area contributed by atoms with Gasteiger partial charge >= 0.3 is 0 Å². The van der Waals surface area contributed by atoms with Crippen molar-refractivity contribution >= 4 is 5.91 Å². The summed E-state index contributed by atoms with van der Waals surface area (Å²) in [6, 6.07) is 13.7. The average molecular weight is 313 g/mol. The van der Waals surface area contributed by atoms with Gasteiger partial charge in [-0.3, -0.25) is 4.79 Å². The fourth-order valence-corrected chi connectivity index (χ4v) is 3.15. The molecule has 2 N–H and O–H groups in total. The molecule has 0 fully saturated rings. The molecule has 0 saturated carbocycles. The number of aliphatic hydroxyl groups excluding tert-OH is 1. The van der Waals surface area contributed by atoms with Crippen LogP contribution in [0.15, 0.2) is 48.5 Å². The highest BCUT2D eigenvalue weighted by molar-refractivity contribution is 5.84. The Bertz CT molecular complexity index is 684. The zero-order valence-corrected chi connectivity index (χ0v) is 12.8. The number of hydrogen-bond donors (Lipinski definition) is 2. The highest BCUT2D eigenvalue weighted by Gasteiger charge is 2.26. The van der Waals surface area contributed by atoms with E-state index in [1.165, 1.54) is 29.8 Å². The van der Waals surface area contributed by atoms with Gasteiger partial charge in [0, 0.05) is 6.54 Å². The van der Waals surface area contributed by atoms with Gasteiger partial charge in [-0.25, -0.2) is 4.39 Å². The van der Waals surface area contributed by atoms with Gasteiger partial charge in [-0.1, -0.05) is 36.4 Å². The molecular formula is C19H20FNO2. The Morgan fingerprint density at radius 2 is 1.96 bits per heavy atom. The Kier molecular flexibility index (Phi) is 4.72. The van der Waals surface area contributed by atoms with E-state index in [9.17, 15) is 14.3 Å². The fraction of sp³-hybridized carbons (Fsp3) is 0.316. The van der Waals surface area contributed by atoms with E-state index < -0.39 is 6.10 Å². The molecule has 4 heteroatoms. The van der Waals surface area contributed by atoms with Gasteiger partial charge in [0.2, 0.25) is 5.91 Å². The van der Waals surface area contributed by atoms with Crippen molar-refractivity contribution in [3.63, 3.8) is 0 Å². The predicted octanol–water partition coefficient (Wildman–Crippen LogP) is 3.10. The van der Waals surface area contributed by atoms with E-state index in [0.29, 0.717) is 5.56 Å². The number of carbonyl (C=O) groups excluding carboxylic acids is 1. The van der Waals surface area contributed by atoms with Crippen molar-refractivity contribution in [2.45, 2.75) is 31.3 Å². The summed E-state index contributed by atoms with van der Waals surface area (Å²) in [5.74, 6) is -0.553. The number of aryl methyl sites for hydroxylation is 1. The van der Waals surface area contributed by atoms with Crippen molar-refractivity contribution in [2.75, 3.05) is 6.54 Å². The van der Waals surface area contributed by atoms with Crippen LogP contribution in [0.2, 0.25) is 0 Å². The van der Waals surface area contributed by atoms with Crippen LogP contribution >= 0.6 is 0 Å². The third-order valence-electron chi connectivity index (χ3n) is 4.41. The molecule has 2 aromatic rings. The molecule has 0 saturated heterocycles. The van der Waals surface area contributed by atoms with Gasteiger partial charge in [0.05, 0.1) is 12.0 Å². The Balaban J connectivity index is 1.63. The van der Waals surface area contributed by atoms with Crippen LogP contribution < -0.4 is 5.32 Å². The first-order valence-corrected chi connectivity index (χ1v) is 7.94. The van der Waals surface area contributed by atoms with Crippen LogP contribution in [0.4, 0.5) is 4.39 Å². The van der Waals surface area contributed by atoms with E-state index in [1.807, 2.05) is 18.2 Å². The van der Waals surface area contributed by atoms with E-state index in [1.54, 1.807) is 0 Å². The van der Waals surface area contributed by atoms with Gasteiger partial charge in [0.25, 0.3) is 0 Å². The van der Waals surface area contributed by atoms with Gasteiger partial charge in [-0.2, -0.15) is 0 Å². The molecule has 23 heavy (non-hydrogen) atoms. The van der Waals surface area contributed by atoms with E-state index in [4.69, 9.17) is 0 Å². The molecule has 0 bridgehead atoms. The van der Waals surface area contributed by atoms with Crippen LogP contribution in [0, 0.1) is 5.82 Å². The molecule has 0 spiro atoms. The summed E-state index contributed by atoms with van der Waals surface area (Å²) in [5, 5.41) is 12.9. The zero-order chi connectivity index (χ0) is 16.2. The smallest absolute Gasteiger partial charge is 0.227 e. The summed E-state index contributed by atoms with van der Waals surface area (Å²) in [4.78, 5) is 12.5. The van der Waals surface area contributed by atoms with Gasteiger partial charge in [-0.05, 0) is 48.1 Å². The number of hydrogen-bond acceptors (Lipinski definition) is 2. The number of carbonyl (C=O) groups is 1. The lowest BCUT2D eigenvalue weighted by Crippen LogP contribution is -2.34. The maximum absolute atomic E-state index is 12.9. The minimum absolute atomic E-state index is 0.0571. The van der Waals surface area contributed by atoms with Crippen LogP contribution in [0.3, 0.4) is 0 Å². The number of aliphatic hydroxyl groups is 1. The number of nitrogens with one attached hydrogen (secondary N) is 1. The molecule has 1 amide bonds. The molecule has 2 aromatic carbocycles. The molecule has 0 radical (unpaired) electrons. The Morgan fingerprint density at radius 3 is 2.74 bits per heavy atom. The summed E-state index contributed by atoms with van der Waals surface area (Å²) >= 11 is 0. The summed E-state index contributed by atoms with van der Waals surface area (Å²) < 4.78 is 12.9. The molecule has 0 unspecified atom stereocenters. The normalized spacial score (nSPS) is 18.1. The van der Waals surface area contributed by atoms with Crippen LogP contribution in [-0.2, 0) is 11.2 Å². The van der Waals surface area contributed by atoms with E-state index in [2.05, 4.69) is 11.4 Å². The van der Waals surface area contributed by atoms with Gasteiger partial charge < -0.3 is 10.4 Å². The van der Waals surface area contributed by atoms with Crippen molar-refractivity contribution in [3.05, 3.63) is 71.0 Å². The third-order valence-corrected chi connectivity index (χ3v) is 4.41. The fourth-order valence-electron chi connectivity index (χ4n) is 3.15. The van der Waals surface area contributed by atoms with Crippen molar-refractivity contribution in [3.8, 4) is 0 Å². The highest BCUT2D eigenvalue weighted by Crippen LogP contribution is 2.31. The second kappa shape index (κ2) is 6.92. The largest absolute Gasteiger partial charge is 0.387 e. The Labute approximate surface area is 135 Å². The summed E-state index contributed by atoms with van der Waals surface area (Å²) in [5.41, 5.74) is 2.92. The number of amides is 1. The molecule has 2 atom stereocenters. The van der Waals surface area contributed by atoms with Crippen LogP contribution in [-0.4, -0.2) is 17.6 Å². The van der Waals surface area contributed by atoms with Crippen molar-refractivity contribution in [1.82, 2.24) is 5.32 Å². The average Bonchev–Trinajstić information content (AvgIpc) is 2.59. The second-order valence-corrected chi connectivity index (χ2v) is 5.96. The number of rotatable bonds is 4. The minimum Gasteiger partial charge on any atom is -0.387 e. The molecule has 0 aliphatic heterocycles. The lowest BCUT2D eigenvalue weighted by Gasteiger charge is -2.25. The Hall–Kier alpha value is -2.20. The highest BCUT2D eigenvalue weighted by atomic mass is 19.1. The molecule has 0 heterocycles. The standard InChI is InChI=1S/C19H20FNO2/c20-15-10-8-14(9-11-15)18(22)12-21-19(23)17-7-3-5-13-4-1-2-6-16(13)17/h1-2,4,6,8-11,17-18,22H,3,5,7,12H2,(H,21,23)/t17-,18-/m0/s1. The molecule has 3 nitrogen and oxygen atoms in total. The van der Waals surface area contributed by atoms with Gasteiger partial charge in [0.1, 0.15) is 5.82 Å². The van der Waals surface area contributed by atoms with Crippen LogP contribution in [0.25, 0.3) is 0 Å². The molecule has 3 rings (SSSR count). The first-order chi connectivity index (χ1) is 11.1. The molecule has 120 valence electrons. The topological polar surface area (TPSA) is 49.3 Å². The molecule has 1 aliphatic rings. The zero-order valence-electron chi connectivity index (χ0n) is 12.8. The monoisotopic (exact) mass is 313 g/mol. The Morgan fingerprint density at radius 1 is 1.22 bits per heavy atom. The van der Waals surface area contributed by atoms with Gasteiger partial charge in [-0.15, -0.1) is 0 Å². The van der Waals surface area contributed by atoms with Crippen molar-refractivity contribution in [1.29, 1.82) is 0 Å². The molecule has 0 aromatic heterocycles. The molecular weight excluding hydrogens is 293 g/mol. The lowest BCUT2D eigenvalue weighted by molar-refractivity contribution is -0.123. The van der Waals surface area contributed by atoms with E-state index in [0.717, 1.165) is 24.8 Å². The summed E-state index contributed by atoms with van der Waals surface area (Å²) in [7, 11) is 0. The number of benzene rings is 2. The van der Waals surface area contributed by atoms with Gasteiger partial charge in [0.15, 0.2) is 0 Å². The summed E-state index contributed by atoms with van der Waals surface area (Å²) in [6.07, 6.45) is 2.00. The van der Waals surface area contributed by atoms with Crippen LogP contribution in [0.1, 0.15) is 41.6 Å². The van der Waals surface area contributed by atoms with Crippen molar-refractivity contribution < 1.29 is 14.3 Å². The third kappa shape index (κ3) is 3.59. The lowest BCUT2D eigenvalue weighted by atomic mass is 9.82. The van der Waals surface area contributed by atoms with E-state index in [-0.39, 0.29) is 24.2 Å². The number of fused-ring (bicyclic) bond motifs is 1.